The van der Waals surface area contributed by atoms with Crippen LogP contribution in [-0.2, 0) is 22.1 Å². The van der Waals surface area contributed by atoms with Crippen LogP contribution in [0.4, 0.5) is 0 Å². The van der Waals surface area contributed by atoms with Crippen molar-refractivity contribution in [3.63, 3.8) is 0 Å². The van der Waals surface area contributed by atoms with Crippen molar-refractivity contribution >= 4 is 10.1 Å². The van der Waals surface area contributed by atoms with Crippen LogP contribution in [0.25, 0.3) is 0 Å². The Balaban J connectivity index is 0.000000278. The number of aromatic nitrogens is 1. The molecule has 0 aliphatic rings. The molecule has 0 amide bonds. The number of hydrogen-bond donors (Lipinski definition) is 0. The van der Waals surface area contributed by atoms with Crippen molar-refractivity contribution in [2.45, 2.75) is 102 Å². The van der Waals surface area contributed by atoms with Crippen molar-refractivity contribution in [1.82, 2.24) is 0 Å². The standard InChI is InChI=1S/C18H30O3S.C14H16N/c1-2-3-4-5-6-7-8-9-10-11-12-17-13-15-18(16-14-17)22(19,20)21;1-14(2,13-9-5-3-6-10-13)15-11-7-4-8-12-15/h13-16H,2-12H2,1H3,(H,19,20,21);3-12H,1-2H3/q;+1/p-1. The van der Waals surface area contributed by atoms with E-state index in [2.05, 4.69) is 80.2 Å². The van der Waals surface area contributed by atoms with E-state index in [1.807, 2.05) is 6.07 Å². The van der Waals surface area contributed by atoms with Crippen molar-refractivity contribution in [2.75, 3.05) is 0 Å². The molecule has 1 aromatic heterocycles. The lowest BCUT2D eigenvalue weighted by molar-refractivity contribution is -0.747. The van der Waals surface area contributed by atoms with E-state index in [0.717, 1.165) is 18.4 Å². The van der Waals surface area contributed by atoms with Crippen LogP contribution in [-0.4, -0.2) is 13.0 Å². The van der Waals surface area contributed by atoms with E-state index in [1.165, 1.54) is 75.5 Å². The molecule has 0 fully saturated rings. The van der Waals surface area contributed by atoms with Gasteiger partial charge in [0.25, 0.3) is 0 Å². The van der Waals surface area contributed by atoms with Gasteiger partial charge in [-0.1, -0.05) is 113 Å². The highest BCUT2D eigenvalue weighted by molar-refractivity contribution is 7.85. The summed E-state index contributed by atoms with van der Waals surface area (Å²) in [6.07, 6.45) is 18.2. The Hall–Kier alpha value is -2.50. The van der Waals surface area contributed by atoms with Gasteiger partial charge in [-0.2, -0.15) is 4.57 Å². The molecule has 202 valence electrons. The van der Waals surface area contributed by atoms with Crippen LogP contribution in [0.3, 0.4) is 0 Å². The normalized spacial score (nSPS) is 11.6. The number of benzene rings is 2. The van der Waals surface area contributed by atoms with Gasteiger partial charge in [0.2, 0.25) is 0 Å². The first-order valence-corrected chi connectivity index (χ1v) is 15.2. The average molecular weight is 524 g/mol. The fourth-order valence-electron chi connectivity index (χ4n) is 4.41. The second kappa shape index (κ2) is 16.4. The molecule has 2 aromatic carbocycles. The highest BCUT2D eigenvalue weighted by Crippen LogP contribution is 2.18. The third kappa shape index (κ3) is 11.6. The molecule has 0 atom stereocenters. The highest BCUT2D eigenvalue weighted by Gasteiger charge is 2.29. The van der Waals surface area contributed by atoms with Gasteiger partial charge in [-0.25, -0.2) is 8.42 Å². The van der Waals surface area contributed by atoms with Gasteiger partial charge in [-0.3, -0.25) is 0 Å². The molecule has 0 saturated heterocycles. The topological polar surface area (TPSA) is 61.1 Å². The van der Waals surface area contributed by atoms with Crippen molar-refractivity contribution in [3.05, 3.63) is 96.3 Å². The fourth-order valence-corrected chi connectivity index (χ4v) is 4.88. The molecule has 0 radical (unpaired) electrons. The van der Waals surface area contributed by atoms with Gasteiger partial charge in [-0.05, 0) is 30.5 Å². The number of nitrogens with zero attached hydrogens (tertiary/aromatic N) is 1. The van der Waals surface area contributed by atoms with E-state index in [9.17, 15) is 13.0 Å². The molecule has 4 nitrogen and oxygen atoms in total. The third-order valence-electron chi connectivity index (χ3n) is 6.87. The molecule has 0 bridgehead atoms. The van der Waals surface area contributed by atoms with Crippen LogP contribution in [0.15, 0.2) is 90.1 Å². The number of aryl methyl sites for hydroxylation is 1. The van der Waals surface area contributed by atoms with Gasteiger partial charge in [0, 0.05) is 31.5 Å². The first-order chi connectivity index (χ1) is 17.7. The van der Waals surface area contributed by atoms with Crippen LogP contribution in [0.1, 0.15) is 96.1 Å². The van der Waals surface area contributed by atoms with Gasteiger partial charge in [0.05, 0.1) is 4.90 Å². The largest absolute Gasteiger partial charge is 0.744 e. The molecule has 3 aromatic rings. The Morgan fingerprint density at radius 2 is 1.16 bits per heavy atom. The number of hydrogen-bond acceptors (Lipinski definition) is 3. The summed E-state index contributed by atoms with van der Waals surface area (Å²) in [7, 11) is -4.31. The summed E-state index contributed by atoms with van der Waals surface area (Å²) in [5.41, 5.74) is 2.43. The van der Waals surface area contributed by atoms with Crippen LogP contribution in [0.5, 0.6) is 0 Å². The van der Waals surface area contributed by atoms with E-state index in [0.29, 0.717) is 0 Å². The Labute approximate surface area is 225 Å². The Morgan fingerprint density at radius 3 is 1.68 bits per heavy atom. The summed E-state index contributed by atoms with van der Waals surface area (Å²) in [4.78, 5) is -0.140. The Kier molecular flexibility index (Phi) is 13.6. The maximum absolute atomic E-state index is 10.8. The molecule has 1 heterocycles. The zero-order valence-electron chi connectivity index (χ0n) is 22.9. The average Bonchev–Trinajstić information content (AvgIpc) is 2.91. The van der Waals surface area contributed by atoms with Crippen LogP contribution in [0.2, 0.25) is 0 Å². The molecule has 3 rings (SSSR count). The van der Waals surface area contributed by atoms with E-state index in [1.54, 1.807) is 12.1 Å². The van der Waals surface area contributed by atoms with E-state index < -0.39 is 10.1 Å². The minimum atomic E-state index is -4.31. The molecule has 0 saturated carbocycles. The second-order valence-electron chi connectivity index (χ2n) is 10.2. The van der Waals surface area contributed by atoms with Crippen molar-refractivity contribution < 1.29 is 17.5 Å². The Bertz CT molecular complexity index is 1050. The lowest BCUT2D eigenvalue weighted by Gasteiger charge is -2.19. The summed E-state index contributed by atoms with van der Waals surface area (Å²) < 4.78 is 34.7. The van der Waals surface area contributed by atoms with Gasteiger partial charge in [0.1, 0.15) is 10.1 Å². The van der Waals surface area contributed by atoms with Gasteiger partial charge in [0.15, 0.2) is 17.9 Å². The molecule has 0 aliphatic heterocycles. The highest BCUT2D eigenvalue weighted by atomic mass is 32.2. The lowest BCUT2D eigenvalue weighted by Crippen LogP contribution is -2.52. The molecular weight excluding hydrogens is 478 g/mol. The first-order valence-electron chi connectivity index (χ1n) is 13.8. The quantitative estimate of drug-likeness (QED) is 0.123. The summed E-state index contributed by atoms with van der Waals surface area (Å²) in [5, 5.41) is 0. The van der Waals surface area contributed by atoms with Crippen molar-refractivity contribution in [1.29, 1.82) is 0 Å². The fraction of sp³-hybridized carbons (Fsp3) is 0.469. The minimum absolute atomic E-state index is 0.00250. The third-order valence-corrected chi connectivity index (χ3v) is 7.72. The minimum Gasteiger partial charge on any atom is -0.744 e. The number of rotatable bonds is 14. The van der Waals surface area contributed by atoms with Gasteiger partial charge in [-0.15, -0.1) is 0 Å². The maximum atomic E-state index is 10.8. The zero-order chi connectivity index (χ0) is 27.0. The molecule has 0 N–H and O–H groups in total. The monoisotopic (exact) mass is 523 g/mol. The lowest BCUT2D eigenvalue weighted by atomic mass is 9.94. The zero-order valence-corrected chi connectivity index (χ0v) is 23.8. The van der Waals surface area contributed by atoms with E-state index in [-0.39, 0.29) is 10.4 Å². The summed E-state index contributed by atoms with van der Waals surface area (Å²) in [6, 6.07) is 23.0. The number of unbranched alkanes of at least 4 members (excludes halogenated alkanes) is 9. The molecule has 0 unspecified atom stereocenters. The molecule has 37 heavy (non-hydrogen) atoms. The molecule has 5 heteroatoms. The van der Waals surface area contributed by atoms with Crippen molar-refractivity contribution in [2.24, 2.45) is 0 Å². The summed E-state index contributed by atoms with van der Waals surface area (Å²) in [6.45, 7) is 6.69. The predicted molar refractivity (Wildman–Crippen MR) is 151 cm³/mol. The van der Waals surface area contributed by atoms with E-state index in [4.69, 9.17) is 0 Å². The van der Waals surface area contributed by atoms with Crippen LogP contribution in [0, 0.1) is 0 Å². The second-order valence-corrected chi connectivity index (χ2v) is 11.6. The van der Waals surface area contributed by atoms with E-state index >= 15 is 0 Å². The van der Waals surface area contributed by atoms with Crippen LogP contribution >= 0.6 is 0 Å². The smallest absolute Gasteiger partial charge is 0.187 e. The Morgan fingerprint density at radius 1 is 0.676 bits per heavy atom. The predicted octanol–water partition coefficient (Wildman–Crippen LogP) is 7.81. The molecule has 0 aliphatic carbocycles. The molecular formula is C32H45NO3S. The summed E-state index contributed by atoms with van der Waals surface area (Å²) in [5.74, 6) is 0. The first kappa shape index (κ1) is 30.7. The van der Waals surface area contributed by atoms with Crippen molar-refractivity contribution in [3.8, 4) is 0 Å². The number of pyridine rings is 1. The van der Waals surface area contributed by atoms with Crippen LogP contribution < -0.4 is 4.57 Å². The maximum Gasteiger partial charge on any atom is 0.187 e. The SMILES string of the molecule is CC(C)(c1ccccc1)[n+]1ccccc1.CCCCCCCCCCCCc1ccc(S(=O)(=O)[O-])cc1. The van der Waals surface area contributed by atoms with Gasteiger partial charge < -0.3 is 4.55 Å². The summed E-state index contributed by atoms with van der Waals surface area (Å²) >= 11 is 0. The molecule has 0 spiro atoms. The van der Waals surface area contributed by atoms with Gasteiger partial charge >= 0.3 is 0 Å².